The van der Waals surface area contributed by atoms with E-state index in [-0.39, 0.29) is 19.6 Å². The molecule has 0 aliphatic heterocycles. The van der Waals surface area contributed by atoms with Gasteiger partial charge in [0.05, 0.1) is 31.8 Å². The highest BCUT2D eigenvalue weighted by molar-refractivity contribution is 5.92. The van der Waals surface area contributed by atoms with E-state index in [0.29, 0.717) is 11.3 Å². The third kappa shape index (κ3) is 7.58. The first-order valence-electron chi connectivity index (χ1n) is 9.25. The number of urea groups is 1. The fraction of sp³-hybridized carbons (Fsp3) is 0.250. The number of amides is 3. The number of carbonyl (C=O) groups excluding carboxylic acids is 3. The largest absolute Gasteiger partial charge is 0.466 e. The summed E-state index contributed by atoms with van der Waals surface area (Å²) in [5, 5.41) is 11.2. The Labute approximate surface area is 173 Å². The number of nitrogens with one attached hydrogen (secondary N) is 3. The van der Waals surface area contributed by atoms with E-state index in [9.17, 15) is 14.4 Å². The van der Waals surface area contributed by atoms with Crippen LogP contribution in [-0.4, -0.2) is 42.3 Å². The molecule has 1 aromatic heterocycles. The Morgan fingerprint density at radius 3 is 2.63 bits per heavy atom. The SMILES string of the molecule is CCOC(=O)C[C@H](NC(=O)CNC(=O)Nc1ccc(C=NN)cc1)c1cccnc1. The van der Waals surface area contributed by atoms with Gasteiger partial charge in [0.25, 0.3) is 0 Å². The number of rotatable bonds is 9. The maximum Gasteiger partial charge on any atom is 0.319 e. The van der Waals surface area contributed by atoms with Gasteiger partial charge in [0, 0.05) is 18.1 Å². The van der Waals surface area contributed by atoms with E-state index in [2.05, 4.69) is 26.0 Å². The van der Waals surface area contributed by atoms with E-state index < -0.39 is 23.9 Å². The second kappa shape index (κ2) is 11.8. The first-order valence-corrected chi connectivity index (χ1v) is 9.25. The number of anilines is 1. The summed E-state index contributed by atoms with van der Waals surface area (Å²) in [5.41, 5.74) is 1.98. The number of aromatic nitrogens is 1. The fourth-order valence-corrected chi connectivity index (χ4v) is 2.54. The van der Waals surface area contributed by atoms with Crippen LogP contribution in [0.2, 0.25) is 0 Å². The number of hydrazone groups is 1. The number of hydrogen-bond acceptors (Lipinski definition) is 7. The fourth-order valence-electron chi connectivity index (χ4n) is 2.54. The molecule has 0 radical (unpaired) electrons. The molecule has 0 unspecified atom stereocenters. The average Bonchev–Trinajstić information content (AvgIpc) is 2.74. The van der Waals surface area contributed by atoms with Crippen molar-refractivity contribution in [1.82, 2.24) is 15.6 Å². The molecule has 0 spiro atoms. The minimum absolute atomic E-state index is 0.0457. The monoisotopic (exact) mass is 412 g/mol. The van der Waals surface area contributed by atoms with Crippen LogP contribution in [0.15, 0.2) is 53.9 Å². The summed E-state index contributed by atoms with van der Waals surface area (Å²) in [6.07, 6.45) is 4.58. The van der Waals surface area contributed by atoms with Gasteiger partial charge in [-0.3, -0.25) is 14.6 Å². The Balaban J connectivity index is 1.88. The molecule has 0 fully saturated rings. The smallest absolute Gasteiger partial charge is 0.319 e. The van der Waals surface area contributed by atoms with Crippen molar-refractivity contribution in [3.63, 3.8) is 0 Å². The average molecular weight is 412 g/mol. The highest BCUT2D eigenvalue weighted by Crippen LogP contribution is 2.16. The standard InChI is InChI=1S/C20H24N6O4/c1-2-30-19(28)10-17(15-4-3-9-22-12-15)26-18(27)13-23-20(29)25-16-7-5-14(6-8-16)11-24-21/h3-9,11-12,17H,2,10,13,21H2,1H3,(H,26,27)(H2,23,25,29)/t17-/m0/s1. The third-order valence-corrected chi connectivity index (χ3v) is 3.90. The van der Waals surface area contributed by atoms with Crippen LogP contribution in [0, 0.1) is 0 Å². The summed E-state index contributed by atoms with van der Waals surface area (Å²) < 4.78 is 4.96. The zero-order valence-electron chi connectivity index (χ0n) is 16.5. The minimum Gasteiger partial charge on any atom is -0.466 e. The lowest BCUT2D eigenvalue weighted by molar-refractivity contribution is -0.143. The number of esters is 1. The molecule has 5 N–H and O–H groups in total. The van der Waals surface area contributed by atoms with Gasteiger partial charge in [-0.2, -0.15) is 5.10 Å². The van der Waals surface area contributed by atoms with Gasteiger partial charge in [0.15, 0.2) is 0 Å². The first kappa shape index (κ1) is 22.3. The molecular weight excluding hydrogens is 388 g/mol. The zero-order chi connectivity index (χ0) is 21.8. The van der Waals surface area contributed by atoms with Crippen molar-refractivity contribution in [2.24, 2.45) is 10.9 Å². The van der Waals surface area contributed by atoms with Crippen LogP contribution < -0.4 is 21.8 Å². The molecule has 0 saturated heterocycles. The van der Waals surface area contributed by atoms with E-state index in [0.717, 1.165) is 5.56 Å². The number of nitrogens with two attached hydrogens (primary N) is 1. The summed E-state index contributed by atoms with van der Waals surface area (Å²) in [6, 6.07) is 9.09. The van der Waals surface area contributed by atoms with E-state index in [1.807, 2.05) is 0 Å². The Morgan fingerprint density at radius 2 is 2.00 bits per heavy atom. The molecule has 3 amide bonds. The molecule has 10 heteroatoms. The molecule has 30 heavy (non-hydrogen) atoms. The summed E-state index contributed by atoms with van der Waals surface area (Å²) in [4.78, 5) is 40.2. The van der Waals surface area contributed by atoms with Crippen molar-refractivity contribution in [2.75, 3.05) is 18.5 Å². The van der Waals surface area contributed by atoms with Gasteiger partial charge in [0.2, 0.25) is 5.91 Å². The molecule has 2 aromatic rings. The van der Waals surface area contributed by atoms with Crippen LogP contribution in [0.3, 0.4) is 0 Å². The molecule has 158 valence electrons. The normalized spacial score (nSPS) is 11.5. The Hall–Kier alpha value is -3.95. The van der Waals surface area contributed by atoms with Crippen molar-refractivity contribution in [3.8, 4) is 0 Å². The maximum atomic E-state index is 12.3. The van der Waals surface area contributed by atoms with Crippen molar-refractivity contribution in [2.45, 2.75) is 19.4 Å². The molecule has 1 heterocycles. The van der Waals surface area contributed by atoms with Crippen LogP contribution in [-0.2, 0) is 14.3 Å². The molecule has 0 saturated carbocycles. The quantitative estimate of drug-likeness (QED) is 0.211. The van der Waals surface area contributed by atoms with Crippen LogP contribution >= 0.6 is 0 Å². The van der Waals surface area contributed by atoms with Crippen LogP contribution in [0.25, 0.3) is 0 Å². The molecule has 10 nitrogen and oxygen atoms in total. The number of benzene rings is 1. The van der Waals surface area contributed by atoms with Gasteiger partial charge in [-0.1, -0.05) is 18.2 Å². The van der Waals surface area contributed by atoms with Crippen LogP contribution in [0.5, 0.6) is 0 Å². The lowest BCUT2D eigenvalue weighted by atomic mass is 10.1. The number of pyridine rings is 1. The van der Waals surface area contributed by atoms with Crippen molar-refractivity contribution in [3.05, 3.63) is 59.9 Å². The number of hydrogen-bond donors (Lipinski definition) is 4. The number of nitrogens with zero attached hydrogens (tertiary/aromatic N) is 2. The molecular formula is C20H24N6O4. The lowest BCUT2D eigenvalue weighted by Gasteiger charge is -2.18. The van der Waals surface area contributed by atoms with E-state index >= 15 is 0 Å². The molecule has 1 atom stereocenters. The second-order valence-electron chi connectivity index (χ2n) is 6.12. The van der Waals surface area contributed by atoms with Crippen LogP contribution in [0.4, 0.5) is 10.5 Å². The summed E-state index contributed by atoms with van der Waals surface area (Å²) in [5.74, 6) is 4.18. The second-order valence-corrected chi connectivity index (χ2v) is 6.12. The van der Waals surface area contributed by atoms with E-state index in [4.69, 9.17) is 10.6 Å². The van der Waals surface area contributed by atoms with E-state index in [1.54, 1.807) is 55.7 Å². The maximum absolute atomic E-state index is 12.3. The van der Waals surface area contributed by atoms with Crippen molar-refractivity contribution in [1.29, 1.82) is 0 Å². The Morgan fingerprint density at radius 1 is 1.23 bits per heavy atom. The first-order chi connectivity index (χ1) is 14.5. The van der Waals surface area contributed by atoms with Gasteiger partial charge in [0.1, 0.15) is 0 Å². The highest BCUT2D eigenvalue weighted by atomic mass is 16.5. The Bertz CT molecular complexity index is 871. The minimum atomic E-state index is -0.619. The predicted octanol–water partition coefficient (Wildman–Crippen LogP) is 1.31. The summed E-state index contributed by atoms with van der Waals surface area (Å²) in [7, 11) is 0. The van der Waals surface area contributed by atoms with Crippen molar-refractivity contribution < 1.29 is 19.1 Å². The summed E-state index contributed by atoms with van der Waals surface area (Å²) in [6.45, 7) is 1.68. The molecule has 1 aromatic carbocycles. The molecule has 0 aliphatic rings. The lowest BCUT2D eigenvalue weighted by Crippen LogP contribution is -2.40. The third-order valence-electron chi connectivity index (χ3n) is 3.90. The van der Waals surface area contributed by atoms with E-state index in [1.165, 1.54) is 6.21 Å². The van der Waals surface area contributed by atoms with Crippen LogP contribution in [0.1, 0.15) is 30.5 Å². The van der Waals surface area contributed by atoms with Crippen molar-refractivity contribution >= 4 is 29.8 Å². The summed E-state index contributed by atoms with van der Waals surface area (Å²) >= 11 is 0. The van der Waals surface area contributed by atoms with Gasteiger partial charge < -0.3 is 26.5 Å². The Kier molecular flexibility index (Phi) is 8.78. The predicted molar refractivity (Wildman–Crippen MR) is 112 cm³/mol. The topological polar surface area (TPSA) is 148 Å². The number of ether oxygens (including phenoxy) is 1. The van der Waals surface area contributed by atoms with Gasteiger partial charge in [-0.15, -0.1) is 0 Å². The molecule has 0 aliphatic carbocycles. The molecule has 2 rings (SSSR count). The highest BCUT2D eigenvalue weighted by Gasteiger charge is 2.19. The van der Waals surface area contributed by atoms with Gasteiger partial charge in [-0.25, -0.2) is 4.79 Å². The van der Waals surface area contributed by atoms with Gasteiger partial charge in [-0.05, 0) is 36.2 Å². The van der Waals surface area contributed by atoms with Gasteiger partial charge >= 0.3 is 12.0 Å². The number of carbonyl (C=O) groups is 3. The molecule has 0 bridgehead atoms. The zero-order valence-corrected chi connectivity index (χ0v) is 16.5.